The molecule has 2 rings (SSSR count). The summed E-state index contributed by atoms with van der Waals surface area (Å²) in [6.45, 7) is 10.9. The molecule has 0 fully saturated rings. The van der Waals surface area contributed by atoms with Crippen LogP contribution in [0.5, 0.6) is 5.75 Å². The van der Waals surface area contributed by atoms with Crippen molar-refractivity contribution in [3.63, 3.8) is 0 Å². The second-order valence-corrected chi connectivity index (χ2v) is 7.73. The third kappa shape index (κ3) is 5.42. The van der Waals surface area contributed by atoms with Crippen molar-refractivity contribution in [2.75, 3.05) is 20.2 Å². The fourth-order valence-corrected chi connectivity index (χ4v) is 3.57. The minimum atomic E-state index is -0.0383. The number of hydrogen-bond acceptors (Lipinski definition) is 3. The Hall–Kier alpha value is -2.14. The minimum absolute atomic E-state index is 0.00394. The molecule has 0 aliphatic heterocycles. The number of aliphatic imine (C=N–C) groups is 1. The van der Waals surface area contributed by atoms with Crippen molar-refractivity contribution in [1.82, 2.24) is 4.90 Å². The van der Waals surface area contributed by atoms with Crippen molar-refractivity contribution in [3.8, 4) is 5.75 Å². The number of halogens is 1. The molecule has 0 atom stereocenters. The molecule has 0 aliphatic rings. The number of nitrogens with zero attached hydrogens (tertiary/aromatic N) is 2. The molecule has 2 aromatic rings. The van der Waals surface area contributed by atoms with Crippen LogP contribution in [-0.4, -0.2) is 37.2 Å². The Morgan fingerprint density at radius 3 is 2.44 bits per heavy atom. The summed E-state index contributed by atoms with van der Waals surface area (Å²) in [6, 6.07) is 7.88. The van der Waals surface area contributed by atoms with E-state index in [-0.39, 0.29) is 12.4 Å². The van der Waals surface area contributed by atoms with Gasteiger partial charge in [-0.2, -0.15) is 0 Å². The molecule has 2 aromatic carbocycles. The molecule has 144 valence electrons. The summed E-state index contributed by atoms with van der Waals surface area (Å²) in [5.74, 6) is 0.677. The van der Waals surface area contributed by atoms with Crippen LogP contribution in [0, 0.1) is 27.7 Å². The van der Waals surface area contributed by atoms with Gasteiger partial charge in [0.25, 0.3) is 0 Å². The fourth-order valence-electron chi connectivity index (χ4n) is 2.78. The smallest absolute Gasteiger partial charge is 0.200 e. The van der Waals surface area contributed by atoms with Crippen LogP contribution in [-0.2, 0) is 0 Å². The number of carbonyl (C=O) groups excluding carboxylic acids is 1. The highest BCUT2D eigenvalue weighted by Gasteiger charge is 2.14. The summed E-state index contributed by atoms with van der Waals surface area (Å²) in [6.07, 6.45) is 1.81. The van der Waals surface area contributed by atoms with Gasteiger partial charge in [-0.25, -0.2) is 4.99 Å². The second-order valence-electron chi connectivity index (χ2n) is 6.88. The fraction of sp³-hybridized carbons (Fsp3) is 0.364. The van der Waals surface area contributed by atoms with Crippen molar-refractivity contribution in [2.45, 2.75) is 34.6 Å². The molecule has 5 heteroatoms. The third-order valence-electron chi connectivity index (χ3n) is 4.46. The Balaban J connectivity index is 2.17. The van der Waals surface area contributed by atoms with Crippen LogP contribution >= 0.6 is 15.9 Å². The van der Waals surface area contributed by atoms with E-state index in [1.165, 1.54) is 0 Å². The maximum atomic E-state index is 12.7. The van der Waals surface area contributed by atoms with Gasteiger partial charge in [0.05, 0.1) is 16.5 Å². The maximum Gasteiger partial charge on any atom is 0.200 e. The number of hydrogen-bond donors (Lipinski definition) is 0. The molecular formula is C22H27BrN2O2. The third-order valence-corrected chi connectivity index (χ3v) is 5.05. The SMILES string of the molecule is CCN(C)C=Nc1cc(C)c(C(=O)COc2c(C)cc(C)cc2Br)cc1C. The van der Waals surface area contributed by atoms with E-state index in [0.29, 0.717) is 11.3 Å². The first-order chi connectivity index (χ1) is 12.7. The molecule has 4 nitrogen and oxygen atoms in total. The minimum Gasteiger partial charge on any atom is -0.484 e. The average molecular weight is 431 g/mol. The van der Waals surface area contributed by atoms with E-state index < -0.39 is 0 Å². The highest BCUT2D eigenvalue weighted by molar-refractivity contribution is 9.10. The van der Waals surface area contributed by atoms with Crippen molar-refractivity contribution < 1.29 is 9.53 Å². The van der Waals surface area contributed by atoms with E-state index >= 15 is 0 Å². The van der Waals surface area contributed by atoms with Gasteiger partial charge in [0.1, 0.15) is 5.75 Å². The molecule has 0 saturated carbocycles. The molecule has 27 heavy (non-hydrogen) atoms. The maximum absolute atomic E-state index is 12.7. The van der Waals surface area contributed by atoms with E-state index in [9.17, 15) is 4.79 Å². The quantitative estimate of drug-likeness (QED) is 0.328. The standard InChI is InChI=1S/C22H27BrN2O2/c1-7-25(6)13-24-20-11-15(3)18(10-16(20)4)21(26)12-27-22-17(5)8-14(2)9-19(22)23/h8-11,13H,7,12H2,1-6H3. The molecule has 0 saturated heterocycles. The highest BCUT2D eigenvalue weighted by Crippen LogP contribution is 2.30. The Labute approximate surface area is 170 Å². The number of Topliss-reactive ketones (excluding diaryl/α,β-unsaturated/α-hetero) is 1. The number of ether oxygens (including phenoxy) is 1. The summed E-state index contributed by atoms with van der Waals surface area (Å²) in [5.41, 5.74) is 5.58. The Morgan fingerprint density at radius 2 is 1.81 bits per heavy atom. The molecule has 0 N–H and O–H groups in total. The first-order valence-corrected chi connectivity index (χ1v) is 9.80. The van der Waals surface area contributed by atoms with E-state index in [1.54, 1.807) is 0 Å². The topological polar surface area (TPSA) is 41.9 Å². The van der Waals surface area contributed by atoms with Crippen LogP contribution in [0.15, 0.2) is 33.7 Å². The highest BCUT2D eigenvalue weighted by atomic mass is 79.9. The number of ketones is 1. The number of carbonyl (C=O) groups is 1. The van der Waals surface area contributed by atoms with Crippen LogP contribution in [0.4, 0.5) is 5.69 Å². The van der Waals surface area contributed by atoms with Crippen molar-refractivity contribution in [2.24, 2.45) is 4.99 Å². The number of aryl methyl sites for hydroxylation is 4. The zero-order valence-corrected chi connectivity index (χ0v) is 18.5. The molecule has 0 aliphatic carbocycles. The number of rotatable bonds is 7. The molecule has 0 heterocycles. The van der Waals surface area contributed by atoms with Crippen LogP contribution in [0.25, 0.3) is 0 Å². The van der Waals surface area contributed by atoms with Gasteiger partial charge in [0, 0.05) is 19.2 Å². The van der Waals surface area contributed by atoms with Crippen LogP contribution in [0.3, 0.4) is 0 Å². The zero-order chi connectivity index (χ0) is 20.1. The summed E-state index contributed by atoms with van der Waals surface area (Å²) in [4.78, 5) is 19.2. The van der Waals surface area contributed by atoms with Crippen LogP contribution in [0.2, 0.25) is 0 Å². The zero-order valence-electron chi connectivity index (χ0n) is 16.9. The first kappa shape index (κ1) is 21.2. The number of benzene rings is 2. The van der Waals surface area contributed by atoms with Crippen LogP contribution < -0.4 is 4.74 Å². The second kappa shape index (κ2) is 9.18. The van der Waals surface area contributed by atoms with Gasteiger partial charge in [0.2, 0.25) is 0 Å². The molecule has 0 spiro atoms. The van der Waals surface area contributed by atoms with E-state index in [0.717, 1.165) is 39.0 Å². The summed E-state index contributed by atoms with van der Waals surface area (Å²) in [7, 11) is 1.98. The molecule has 0 unspecified atom stereocenters. The first-order valence-electron chi connectivity index (χ1n) is 9.01. The molecule has 0 amide bonds. The van der Waals surface area contributed by atoms with Gasteiger partial charge < -0.3 is 9.64 Å². The van der Waals surface area contributed by atoms with Crippen LogP contribution in [0.1, 0.15) is 39.5 Å². The summed E-state index contributed by atoms with van der Waals surface area (Å²) >= 11 is 3.52. The largest absolute Gasteiger partial charge is 0.484 e. The predicted octanol–water partition coefficient (Wildman–Crippen LogP) is 5.56. The van der Waals surface area contributed by atoms with E-state index in [1.807, 2.05) is 70.2 Å². The van der Waals surface area contributed by atoms with Gasteiger partial charge in [-0.1, -0.05) is 6.07 Å². The molecule has 0 aromatic heterocycles. The van der Waals surface area contributed by atoms with Gasteiger partial charge >= 0.3 is 0 Å². The molecular weight excluding hydrogens is 404 g/mol. The normalized spacial score (nSPS) is 11.1. The van der Waals surface area contributed by atoms with Crippen molar-refractivity contribution in [1.29, 1.82) is 0 Å². The Kier molecular flexibility index (Phi) is 7.19. The van der Waals surface area contributed by atoms with Gasteiger partial charge in [-0.3, -0.25) is 4.79 Å². The molecule has 0 bridgehead atoms. The lowest BCUT2D eigenvalue weighted by molar-refractivity contribution is 0.0920. The lowest BCUT2D eigenvalue weighted by Gasteiger charge is -2.14. The van der Waals surface area contributed by atoms with Gasteiger partial charge in [0.15, 0.2) is 12.4 Å². The lowest BCUT2D eigenvalue weighted by atomic mass is 10.0. The van der Waals surface area contributed by atoms with Crippen molar-refractivity contribution in [3.05, 3.63) is 56.6 Å². The Morgan fingerprint density at radius 1 is 1.11 bits per heavy atom. The Bertz CT molecular complexity index is 852. The summed E-state index contributed by atoms with van der Waals surface area (Å²) in [5, 5.41) is 0. The van der Waals surface area contributed by atoms with E-state index in [4.69, 9.17) is 4.74 Å². The van der Waals surface area contributed by atoms with Crippen molar-refractivity contribution >= 4 is 33.7 Å². The predicted molar refractivity (Wildman–Crippen MR) is 116 cm³/mol. The lowest BCUT2D eigenvalue weighted by Crippen LogP contribution is -2.15. The van der Waals surface area contributed by atoms with Gasteiger partial charge in [-0.15, -0.1) is 0 Å². The van der Waals surface area contributed by atoms with Gasteiger partial charge in [-0.05, 0) is 91.0 Å². The average Bonchev–Trinajstić information content (AvgIpc) is 2.60. The monoisotopic (exact) mass is 430 g/mol. The van der Waals surface area contributed by atoms with E-state index in [2.05, 4.69) is 27.8 Å². The molecule has 0 radical (unpaired) electrons. The summed E-state index contributed by atoms with van der Waals surface area (Å²) < 4.78 is 6.69.